The molecule has 0 saturated heterocycles. The van der Waals surface area contributed by atoms with Gasteiger partial charge in [-0.25, -0.2) is 8.42 Å². The Morgan fingerprint density at radius 1 is 0.964 bits per heavy atom. The fourth-order valence-corrected chi connectivity index (χ4v) is 3.95. The lowest BCUT2D eigenvalue weighted by molar-refractivity contribution is -0.118. The molecule has 0 saturated carbocycles. The zero-order valence-corrected chi connectivity index (χ0v) is 18.1. The van der Waals surface area contributed by atoms with E-state index in [1.165, 1.54) is 18.0 Å². The van der Waals surface area contributed by atoms with Gasteiger partial charge in [-0.2, -0.15) is 4.31 Å². The van der Waals surface area contributed by atoms with Crippen LogP contribution in [0.4, 0.5) is 5.69 Å². The molecule has 2 rings (SSSR count). The van der Waals surface area contributed by atoms with Gasteiger partial charge in [0.15, 0.2) is 0 Å². The molecule has 0 spiro atoms. The lowest BCUT2D eigenvalue weighted by Crippen LogP contribution is -2.39. The number of carbonyl (C=O) groups excluding carboxylic acids is 1. The summed E-state index contributed by atoms with van der Waals surface area (Å²) >= 11 is 0. The summed E-state index contributed by atoms with van der Waals surface area (Å²) in [5.74, 6) is 0.339. The van der Waals surface area contributed by atoms with Gasteiger partial charge in [0, 0.05) is 19.8 Å². The van der Waals surface area contributed by atoms with Crippen LogP contribution in [0.15, 0.2) is 41.3 Å². The van der Waals surface area contributed by atoms with Crippen molar-refractivity contribution < 1.29 is 17.9 Å². The molecular weight excluding hydrogens is 376 g/mol. The average molecular weight is 405 g/mol. The molecule has 2 aromatic rings. The minimum absolute atomic E-state index is 0.137. The fourth-order valence-electron chi connectivity index (χ4n) is 2.74. The number of aryl methyl sites for hydroxylation is 3. The number of hydrogen-bond donors (Lipinski definition) is 0. The smallest absolute Gasteiger partial charge is 0.243 e. The summed E-state index contributed by atoms with van der Waals surface area (Å²) in [7, 11) is -0.732. The van der Waals surface area contributed by atoms with Gasteiger partial charge >= 0.3 is 0 Å². The van der Waals surface area contributed by atoms with Gasteiger partial charge in [-0.05, 0) is 74.7 Å². The maximum Gasteiger partial charge on any atom is 0.243 e. The Balaban J connectivity index is 2.17. The third kappa shape index (κ3) is 4.72. The summed E-state index contributed by atoms with van der Waals surface area (Å²) in [6.07, 6.45) is 0. The summed E-state index contributed by atoms with van der Waals surface area (Å²) in [5.41, 5.74) is 3.67. The van der Waals surface area contributed by atoms with Gasteiger partial charge in [0.2, 0.25) is 15.9 Å². The van der Waals surface area contributed by atoms with Crippen molar-refractivity contribution in [3.05, 3.63) is 53.1 Å². The van der Waals surface area contributed by atoms with Gasteiger partial charge in [0.25, 0.3) is 0 Å². The molecule has 0 bridgehead atoms. The van der Waals surface area contributed by atoms with Crippen LogP contribution in [-0.2, 0) is 14.8 Å². The largest absolute Gasteiger partial charge is 0.494 e. The summed E-state index contributed by atoms with van der Waals surface area (Å²) in [5, 5.41) is 0. The number of ether oxygens (including phenoxy) is 1. The quantitative estimate of drug-likeness (QED) is 0.710. The Kier molecular flexibility index (Phi) is 6.85. The second kappa shape index (κ2) is 8.75. The molecule has 0 unspecified atom stereocenters. The third-order valence-electron chi connectivity index (χ3n) is 4.76. The Hall–Kier alpha value is -2.38. The zero-order valence-electron chi connectivity index (χ0n) is 17.3. The number of hydrogen-bond acceptors (Lipinski definition) is 4. The van der Waals surface area contributed by atoms with E-state index in [9.17, 15) is 13.2 Å². The van der Waals surface area contributed by atoms with Crippen molar-refractivity contribution in [1.82, 2.24) is 4.31 Å². The predicted molar refractivity (Wildman–Crippen MR) is 111 cm³/mol. The molecule has 0 heterocycles. The van der Waals surface area contributed by atoms with Gasteiger partial charge < -0.3 is 9.64 Å². The van der Waals surface area contributed by atoms with E-state index in [2.05, 4.69) is 0 Å². The van der Waals surface area contributed by atoms with Crippen LogP contribution in [-0.4, -0.2) is 45.9 Å². The van der Waals surface area contributed by atoms with E-state index in [4.69, 9.17) is 4.74 Å². The monoisotopic (exact) mass is 404 g/mol. The zero-order chi connectivity index (χ0) is 21.1. The number of rotatable bonds is 7. The molecule has 2 aromatic carbocycles. The van der Waals surface area contributed by atoms with Gasteiger partial charge in [0.05, 0.1) is 18.0 Å². The first-order valence-electron chi connectivity index (χ1n) is 9.11. The fraction of sp³-hybridized carbons (Fsp3) is 0.381. The van der Waals surface area contributed by atoms with E-state index in [-0.39, 0.29) is 17.3 Å². The lowest BCUT2D eigenvalue weighted by Gasteiger charge is -2.23. The maximum absolute atomic E-state index is 12.9. The highest BCUT2D eigenvalue weighted by Gasteiger charge is 2.25. The van der Waals surface area contributed by atoms with Gasteiger partial charge in [-0.3, -0.25) is 4.79 Å². The van der Waals surface area contributed by atoms with E-state index in [1.54, 1.807) is 26.1 Å². The Morgan fingerprint density at radius 2 is 1.64 bits per heavy atom. The summed E-state index contributed by atoms with van der Waals surface area (Å²) < 4.78 is 32.3. The molecule has 1 amide bonds. The highest BCUT2D eigenvalue weighted by Crippen LogP contribution is 2.24. The topological polar surface area (TPSA) is 66.9 Å². The molecule has 7 heteroatoms. The van der Waals surface area contributed by atoms with Crippen LogP contribution in [0.25, 0.3) is 0 Å². The Morgan fingerprint density at radius 3 is 2.21 bits per heavy atom. The van der Waals surface area contributed by atoms with E-state index in [0.29, 0.717) is 12.4 Å². The molecule has 0 aliphatic rings. The summed E-state index contributed by atoms with van der Waals surface area (Å²) in [4.78, 5) is 14.2. The van der Waals surface area contributed by atoms with Crippen molar-refractivity contribution in [2.75, 3.05) is 32.1 Å². The number of sulfonamides is 1. The Bertz CT molecular complexity index is 970. The normalized spacial score (nSPS) is 11.5. The van der Waals surface area contributed by atoms with Crippen LogP contribution in [0.5, 0.6) is 5.75 Å². The third-order valence-corrected chi connectivity index (χ3v) is 6.56. The molecule has 0 fully saturated rings. The van der Waals surface area contributed by atoms with Crippen molar-refractivity contribution in [1.29, 1.82) is 0 Å². The number of nitrogens with zero attached hydrogens (tertiary/aromatic N) is 2. The van der Waals surface area contributed by atoms with Crippen LogP contribution in [0.2, 0.25) is 0 Å². The molecule has 0 atom stereocenters. The predicted octanol–water partition coefficient (Wildman–Crippen LogP) is 3.29. The van der Waals surface area contributed by atoms with Crippen molar-refractivity contribution in [2.24, 2.45) is 0 Å². The van der Waals surface area contributed by atoms with Crippen LogP contribution >= 0.6 is 0 Å². The van der Waals surface area contributed by atoms with Crippen molar-refractivity contribution >= 4 is 21.6 Å². The molecule has 152 valence electrons. The molecule has 0 aliphatic heterocycles. The van der Waals surface area contributed by atoms with Crippen LogP contribution in [0.1, 0.15) is 23.6 Å². The first kappa shape index (κ1) is 21.9. The SMILES string of the molecule is CCOc1ccc(S(=O)(=O)N(C)CC(=O)N(C)c2ccc(C)c(C)c2)cc1C. The van der Waals surface area contributed by atoms with Gasteiger partial charge in [-0.15, -0.1) is 0 Å². The second-order valence-corrected chi connectivity index (χ2v) is 8.89. The molecular formula is C21H28N2O4S. The van der Waals surface area contributed by atoms with Crippen LogP contribution in [0, 0.1) is 20.8 Å². The standard InChI is InChI=1S/C21H28N2O4S/c1-7-27-20-11-10-19(13-17(20)4)28(25,26)22(5)14-21(24)23(6)18-9-8-15(2)16(3)12-18/h8-13H,7,14H2,1-6H3. The minimum atomic E-state index is -3.79. The molecule has 6 nitrogen and oxygen atoms in total. The summed E-state index contributed by atoms with van der Waals surface area (Å²) in [6, 6.07) is 10.4. The maximum atomic E-state index is 12.9. The first-order valence-corrected chi connectivity index (χ1v) is 10.6. The van der Waals surface area contributed by atoms with E-state index in [1.807, 2.05) is 39.0 Å². The van der Waals surface area contributed by atoms with Crippen molar-refractivity contribution in [3.8, 4) is 5.75 Å². The van der Waals surface area contributed by atoms with Crippen LogP contribution < -0.4 is 9.64 Å². The van der Waals surface area contributed by atoms with E-state index >= 15 is 0 Å². The number of carbonyl (C=O) groups is 1. The van der Waals surface area contributed by atoms with Crippen molar-refractivity contribution in [3.63, 3.8) is 0 Å². The lowest BCUT2D eigenvalue weighted by atomic mass is 10.1. The highest BCUT2D eigenvalue weighted by atomic mass is 32.2. The number of anilines is 1. The molecule has 0 radical (unpaired) electrons. The van der Waals surface area contributed by atoms with Gasteiger partial charge in [-0.1, -0.05) is 6.07 Å². The Labute approximate surface area is 167 Å². The molecule has 0 aliphatic carbocycles. The molecule has 0 aromatic heterocycles. The van der Waals surface area contributed by atoms with E-state index in [0.717, 1.165) is 26.7 Å². The number of benzene rings is 2. The van der Waals surface area contributed by atoms with Gasteiger partial charge in [0.1, 0.15) is 5.75 Å². The summed E-state index contributed by atoms with van der Waals surface area (Å²) in [6.45, 7) is 7.89. The molecule has 28 heavy (non-hydrogen) atoms. The highest BCUT2D eigenvalue weighted by molar-refractivity contribution is 7.89. The van der Waals surface area contributed by atoms with Crippen LogP contribution in [0.3, 0.4) is 0 Å². The van der Waals surface area contributed by atoms with E-state index < -0.39 is 10.0 Å². The van der Waals surface area contributed by atoms with Crippen molar-refractivity contribution in [2.45, 2.75) is 32.6 Å². The number of amides is 1. The second-order valence-electron chi connectivity index (χ2n) is 6.84. The minimum Gasteiger partial charge on any atom is -0.494 e. The number of likely N-dealkylation sites (N-methyl/N-ethyl adjacent to an activating group) is 2. The first-order chi connectivity index (χ1) is 13.1. The molecule has 0 N–H and O–H groups in total. The average Bonchev–Trinajstić information content (AvgIpc) is 2.64.